The normalized spacial score (nSPS) is 10.7. The minimum absolute atomic E-state index is 0.657. The summed E-state index contributed by atoms with van der Waals surface area (Å²) in [4.78, 5) is 4.96. The third-order valence-corrected chi connectivity index (χ3v) is 8.69. The lowest BCUT2D eigenvalue weighted by atomic mass is 9.94. The minimum Gasteiger partial charge on any atom is -0.236 e. The highest BCUT2D eigenvalue weighted by atomic mass is 32.1. The van der Waals surface area contributed by atoms with Gasteiger partial charge in [0, 0.05) is 5.56 Å². The number of nitrogens with zero attached hydrogens (tertiary/aromatic N) is 3. The summed E-state index contributed by atoms with van der Waals surface area (Å²) in [5.41, 5.74) is 12.3. The molecular weight excluding hydrogens is 543 g/mol. The first-order valence-electron chi connectivity index (χ1n) is 13.9. The van der Waals surface area contributed by atoms with Crippen molar-refractivity contribution >= 4 is 21.6 Å². The molecule has 0 aliphatic carbocycles. The predicted octanol–water partition coefficient (Wildman–Crippen LogP) is 10.4. The molecular formula is C39H23N3S. The van der Waals surface area contributed by atoms with Crippen molar-refractivity contribution in [2.24, 2.45) is 0 Å². The number of benzene rings is 6. The van der Waals surface area contributed by atoms with Gasteiger partial charge in [0.1, 0.15) is 5.01 Å². The second kappa shape index (κ2) is 11.2. The monoisotopic (exact) mass is 565 g/mol. The van der Waals surface area contributed by atoms with E-state index in [1.165, 1.54) is 4.70 Å². The minimum atomic E-state index is 0.657. The van der Waals surface area contributed by atoms with E-state index in [2.05, 4.69) is 97.1 Å². The maximum absolute atomic E-state index is 9.13. The Labute approximate surface area is 254 Å². The van der Waals surface area contributed by atoms with E-state index in [1.807, 2.05) is 54.6 Å². The van der Waals surface area contributed by atoms with Crippen LogP contribution in [0.15, 0.2) is 140 Å². The molecule has 0 atom stereocenters. The summed E-state index contributed by atoms with van der Waals surface area (Å²) in [7, 11) is 0. The number of aromatic nitrogens is 1. The zero-order valence-electron chi connectivity index (χ0n) is 23.0. The van der Waals surface area contributed by atoms with Crippen LogP contribution in [-0.4, -0.2) is 4.98 Å². The summed E-state index contributed by atoms with van der Waals surface area (Å²) in [6.45, 7) is 0. The molecule has 0 bridgehead atoms. The van der Waals surface area contributed by atoms with Crippen molar-refractivity contribution in [2.45, 2.75) is 0 Å². The molecule has 200 valence electrons. The molecule has 0 unspecified atom stereocenters. The molecule has 0 saturated carbocycles. The highest BCUT2D eigenvalue weighted by molar-refractivity contribution is 7.21. The first kappa shape index (κ1) is 26.1. The fourth-order valence-electron chi connectivity index (χ4n) is 5.26. The van der Waals surface area contributed by atoms with Gasteiger partial charge in [-0.1, -0.05) is 84.9 Å². The van der Waals surface area contributed by atoms with E-state index in [4.69, 9.17) is 15.5 Å². The van der Waals surface area contributed by atoms with Crippen LogP contribution in [-0.2, 0) is 0 Å². The Kier molecular flexibility index (Phi) is 6.82. The van der Waals surface area contributed by atoms with Crippen molar-refractivity contribution in [3.05, 3.63) is 151 Å². The number of nitriles is 2. The molecule has 0 N–H and O–H groups in total. The third-order valence-electron chi connectivity index (χ3n) is 7.60. The predicted molar refractivity (Wildman–Crippen MR) is 176 cm³/mol. The highest BCUT2D eigenvalue weighted by Gasteiger charge is 2.12. The SMILES string of the molecule is N#Cc1ccc(-c2ccc(-c3cc(-c4ccc(-c5ccc(C#N)cc5)cc4)cc(-c4nc5ccccc5s4)c3)cc2)cc1. The fourth-order valence-corrected chi connectivity index (χ4v) is 6.22. The van der Waals surface area contributed by atoms with E-state index in [0.29, 0.717) is 11.1 Å². The van der Waals surface area contributed by atoms with Crippen LogP contribution in [0.5, 0.6) is 0 Å². The van der Waals surface area contributed by atoms with Gasteiger partial charge in [-0.25, -0.2) is 4.98 Å². The number of thiazole rings is 1. The van der Waals surface area contributed by atoms with E-state index in [9.17, 15) is 0 Å². The first-order valence-corrected chi connectivity index (χ1v) is 14.7. The van der Waals surface area contributed by atoms with Gasteiger partial charge >= 0.3 is 0 Å². The molecule has 7 aromatic rings. The lowest BCUT2D eigenvalue weighted by Crippen LogP contribution is -1.87. The summed E-state index contributed by atoms with van der Waals surface area (Å²) < 4.78 is 1.17. The number of hydrogen-bond acceptors (Lipinski definition) is 4. The van der Waals surface area contributed by atoms with Gasteiger partial charge in [-0.3, -0.25) is 0 Å². The van der Waals surface area contributed by atoms with Gasteiger partial charge in [0.2, 0.25) is 0 Å². The molecule has 1 aromatic heterocycles. The molecule has 1 heterocycles. The van der Waals surface area contributed by atoms with Crippen LogP contribution in [0.3, 0.4) is 0 Å². The van der Waals surface area contributed by atoms with E-state index >= 15 is 0 Å². The lowest BCUT2D eigenvalue weighted by molar-refractivity contribution is 1.47. The van der Waals surface area contributed by atoms with Gasteiger partial charge in [-0.15, -0.1) is 11.3 Å². The fraction of sp³-hybridized carbons (Fsp3) is 0. The topological polar surface area (TPSA) is 60.5 Å². The standard InChI is InChI=1S/C39H23N3S/c40-24-26-5-9-28(10-6-26)30-13-17-32(18-14-30)34-21-35(23-36(22-34)39-42-37-3-1-2-4-38(37)43-39)33-19-15-31(16-20-33)29-11-7-27(25-41)8-12-29/h1-23H. The molecule has 0 aliphatic rings. The molecule has 7 rings (SSSR count). The summed E-state index contributed by atoms with van der Waals surface area (Å²) in [6.07, 6.45) is 0. The van der Waals surface area contributed by atoms with E-state index in [0.717, 1.165) is 60.6 Å². The number of hydrogen-bond donors (Lipinski definition) is 0. The van der Waals surface area contributed by atoms with Crippen molar-refractivity contribution in [1.82, 2.24) is 4.98 Å². The van der Waals surface area contributed by atoms with Gasteiger partial charge in [-0.2, -0.15) is 10.5 Å². The van der Waals surface area contributed by atoms with Gasteiger partial charge in [0.05, 0.1) is 33.5 Å². The highest BCUT2D eigenvalue weighted by Crippen LogP contribution is 2.37. The second-order valence-corrected chi connectivity index (χ2v) is 11.3. The molecule has 6 aromatic carbocycles. The maximum atomic E-state index is 9.13. The van der Waals surface area contributed by atoms with E-state index in [-0.39, 0.29) is 0 Å². The molecule has 0 radical (unpaired) electrons. The summed E-state index contributed by atoms with van der Waals surface area (Å²) in [6, 6.07) is 51.8. The number of rotatable bonds is 5. The average Bonchev–Trinajstić information content (AvgIpc) is 3.53. The average molecular weight is 566 g/mol. The largest absolute Gasteiger partial charge is 0.236 e. The van der Waals surface area contributed by atoms with Crippen molar-refractivity contribution in [3.63, 3.8) is 0 Å². The van der Waals surface area contributed by atoms with Crippen LogP contribution in [0.4, 0.5) is 0 Å². The Bertz CT molecular complexity index is 2010. The Morgan fingerprint density at radius 2 is 0.791 bits per heavy atom. The van der Waals surface area contributed by atoms with Gasteiger partial charge < -0.3 is 0 Å². The number of para-hydroxylation sites is 1. The molecule has 0 amide bonds. The van der Waals surface area contributed by atoms with Crippen LogP contribution < -0.4 is 0 Å². The zero-order chi connectivity index (χ0) is 29.2. The number of fused-ring (bicyclic) bond motifs is 1. The summed E-state index contributed by atoms with van der Waals surface area (Å²) >= 11 is 1.71. The molecule has 0 spiro atoms. The molecule has 43 heavy (non-hydrogen) atoms. The quantitative estimate of drug-likeness (QED) is 0.209. The Morgan fingerprint density at radius 1 is 0.419 bits per heavy atom. The van der Waals surface area contributed by atoms with Crippen LogP contribution in [0.1, 0.15) is 11.1 Å². The van der Waals surface area contributed by atoms with Crippen molar-refractivity contribution in [3.8, 4) is 67.2 Å². The third kappa shape index (κ3) is 5.32. The lowest BCUT2D eigenvalue weighted by Gasteiger charge is -2.11. The Morgan fingerprint density at radius 3 is 1.21 bits per heavy atom. The molecule has 4 heteroatoms. The Balaban J connectivity index is 1.28. The molecule has 0 aliphatic heterocycles. The van der Waals surface area contributed by atoms with Crippen molar-refractivity contribution < 1.29 is 0 Å². The van der Waals surface area contributed by atoms with Gasteiger partial charge in [-0.05, 0) is 99.1 Å². The van der Waals surface area contributed by atoms with Crippen molar-refractivity contribution in [1.29, 1.82) is 10.5 Å². The van der Waals surface area contributed by atoms with Gasteiger partial charge in [0.25, 0.3) is 0 Å². The summed E-state index contributed by atoms with van der Waals surface area (Å²) in [5.74, 6) is 0. The maximum Gasteiger partial charge on any atom is 0.124 e. The van der Waals surface area contributed by atoms with Crippen LogP contribution >= 0.6 is 11.3 Å². The molecule has 3 nitrogen and oxygen atoms in total. The van der Waals surface area contributed by atoms with Gasteiger partial charge in [0.15, 0.2) is 0 Å². The van der Waals surface area contributed by atoms with E-state index in [1.54, 1.807) is 11.3 Å². The smallest absolute Gasteiger partial charge is 0.124 e. The summed E-state index contributed by atoms with van der Waals surface area (Å²) in [5, 5.41) is 19.3. The van der Waals surface area contributed by atoms with Crippen LogP contribution in [0, 0.1) is 22.7 Å². The van der Waals surface area contributed by atoms with E-state index < -0.39 is 0 Å². The van der Waals surface area contributed by atoms with Crippen LogP contribution in [0.2, 0.25) is 0 Å². The molecule has 0 saturated heterocycles. The zero-order valence-corrected chi connectivity index (χ0v) is 23.8. The van der Waals surface area contributed by atoms with Crippen molar-refractivity contribution in [2.75, 3.05) is 0 Å². The van der Waals surface area contributed by atoms with Crippen LogP contribution in [0.25, 0.3) is 65.3 Å². The first-order chi connectivity index (χ1) is 21.2. The molecule has 0 fully saturated rings. The Hall–Kier alpha value is -5.81. The second-order valence-electron chi connectivity index (χ2n) is 10.3.